The zero-order valence-electron chi connectivity index (χ0n) is 11.2. The number of carbonyl (C=O) groups is 1. The maximum absolute atomic E-state index is 11.5. The van der Waals surface area contributed by atoms with Gasteiger partial charge in [0.25, 0.3) is 0 Å². The molecule has 20 heavy (non-hydrogen) atoms. The highest BCUT2D eigenvalue weighted by Crippen LogP contribution is 2.18. The number of carbonyl (C=O) groups excluding carboxylic acids is 1. The molecule has 1 fully saturated rings. The van der Waals surface area contributed by atoms with Crippen LogP contribution in [0.5, 0.6) is 0 Å². The lowest BCUT2D eigenvalue weighted by atomic mass is 10.2. The number of morpholine rings is 1. The molecule has 1 aromatic heterocycles. The van der Waals surface area contributed by atoms with Crippen LogP contribution in [0.3, 0.4) is 0 Å². The van der Waals surface area contributed by atoms with Crippen LogP contribution >= 0.6 is 11.6 Å². The van der Waals surface area contributed by atoms with Gasteiger partial charge in [-0.2, -0.15) is 15.0 Å². The third-order valence-electron chi connectivity index (χ3n) is 2.84. The topological polar surface area (TPSA) is 106 Å². The summed E-state index contributed by atoms with van der Waals surface area (Å²) in [5.41, 5.74) is 5.37. The van der Waals surface area contributed by atoms with Gasteiger partial charge in [0, 0.05) is 13.1 Å². The van der Waals surface area contributed by atoms with Gasteiger partial charge in [-0.1, -0.05) is 6.92 Å². The SMILES string of the molecule is CCCNc1nc(Cl)nc(N2CCOCC2C(N)=O)n1. The number of nitrogens with two attached hydrogens (primary N) is 1. The lowest BCUT2D eigenvalue weighted by molar-refractivity contribution is -0.121. The van der Waals surface area contributed by atoms with Crippen LogP contribution in [0.1, 0.15) is 13.3 Å². The first-order valence-electron chi connectivity index (χ1n) is 6.41. The summed E-state index contributed by atoms with van der Waals surface area (Å²) in [6, 6.07) is -0.596. The summed E-state index contributed by atoms with van der Waals surface area (Å²) < 4.78 is 5.26. The molecule has 2 heterocycles. The zero-order valence-corrected chi connectivity index (χ0v) is 11.9. The van der Waals surface area contributed by atoms with Gasteiger partial charge in [-0.15, -0.1) is 0 Å². The zero-order chi connectivity index (χ0) is 14.5. The quantitative estimate of drug-likeness (QED) is 0.790. The molecule has 3 N–H and O–H groups in total. The Morgan fingerprint density at radius 2 is 2.35 bits per heavy atom. The fraction of sp³-hybridized carbons (Fsp3) is 0.636. The predicted octanol–water partition coefficient (Wildman–Crippen LogP) is 0.0374. The lowest BCUT2D eigenvalue weighted by Gasteiger charge is -2.33. The maximum Gasteiger partial charge on any atom is 0.242 e. The van der Waals surface area contributed by atoms with Crippen LogP contribution in [0.15, 0.2) is 0 Å². The molecule has 9 heteroatoms. The van der Waals surface area contributed by atoms with Crippen molar-refractivity contribution < 1.29 is 9.53 Å². The lowest BCUT2D eigenvalue weighted by Crippen LogP contribution is -2.53. The number of ether oxygens (including phenoxy) is 1. The molecule has 0 saturated carbocycles. The molecule has 1 amide bonds. The van der Waals surface area contributed by atoms with E-state index >= 15 is 0 Å². The first-order chi connectivity index (χ1) is 9.61. The van der Waals surface area contributed by atoms with Crippen LogP contribution in [0.2, 0.25) is 5.28 Å². The van der Waals surface area contributed by atoms with E-state index in [-0.39, 0.29) is 11.9 Å². The molecule has 0 aliphatic carbocycles. The van der Waals surface area contributed by atoms with Crippen LogP contribution in [0.25, 0.3) is 0 Å². The molecular weight excluding hydrogens is 284 g/mol. The van der Waals surface area contributed by atoms with Gasteiger partial charge in [-0.25, -0.2) is 0 Å². The largest absolute Gasteiger partial charge is 0.377 e. The molecule has 110 valence electrons. The maximum atomic E-state index is 11.5. The molecule has 8 nitrogen and oxygen atoms in total. The standard InChI is InChI=1S/C11H17ClN6O2/c1-2-3-14-10-15-9(12)16-11(17-10)18-4-5-20-6-7(18)8(13)19/h7H,2-6H2,1H3,(H2,13,19)(H,14,15,16,17). The van der Waals surface area contributed by atoms with E-state index in [9.17, 15) is 4.79 Å². The van der Waals surface area contributed by atoms with Crippen molar-refractivity contribution in [3.05, 3.63) is 5.28 Å². The first-order valence-corrected chi connectivity index (χ1v) is 6.78. The molecule has 1 atom stereocenters. The average molecular weight is 301 g/mol. The summed E-state index contributed by atoms with van der Waals surface area (Å²) in [5.74, 6) is 0.233. The van der Waals surface area contributed by atoms with Gasteiger partial charge in [-0.3, -0.25) is 4.79 Å². The van der Waals surface area contributed by atoms with Crippen molar-refractivity contribution in [2.24, 2.45) is 5.73 Å². The van der Waals surface area contributed by atoms with E-state index in [0.717, 1.165) is 13.0 Å². The second-order valence-corrected chi connectivity index (χ2v) is 4.68. The number of primary amides is 1. The second-order valence-electron chi connectivity index (χ2n) is 4.34. The summed E-state index contributed by atoms with van der Waals surface area (Å²) in [5, 5.41) is 3.11. The van der Waals surface area contributed by atoms with Crippen molar-refractivity contribution in [2.75, 3.05) is 36.5 Å². The van der Waals surface area contributed by atoms with Crippen LogP contribution in [0.4, 0.5) is 11.9 Å². The highest BCUT2D eigenvalue weighted by atomic mass is 35.5. The van der Waals surface area contributed by atoms with E-state index in [1.54, 1.807) is 4.90 Å². The molecular formula is C11H17ClN6O2. The van der Waals surface area contributed by atoms with Crippen molar-refractivity contribution in [3.8, 4) is 0 Å². The molecule has 0 aromatic carbocycles. The highest BCUT2D eigenvalue weighted by Gasteiger charge is 2.30. The summed E-state index contributed by atoms with van der Waals surface area (Å²) in [6.07, 6.45) is 0.931. The number of hydrogen-bond donors (Lipinski definition) is 2. The summed E-state index contributed by atoms with van der Waals surface area (Å²) in [7, 11) is 0. The van der Waals surface area contributed by atoms with Crippen LogP contribution < -0.4 is 16.0 Å². The van der Waals surface area contributed by atoms with Crippen molar-refractivity contribution in [1.82, 2.24) is 15.0 Å². The Morgan fingerprint density at radius 1 is 1.55 bits per heavy atom. The fourth-order valence-corrected chi connectivity index (χ4v) is 2.02. The second kappa shape index (κ2) is 6.67. The Balaban J connectivity index is 2.25. The van der Waals surface area contributed by atoms with Gasteiger partial charge in [0.15, 0.2) is 0 Å². The van der Waals surface area contributed by atoms with Crippen LogP contribution in [-0.4, -0.2) is 53.2 Å². The summed E-state index contributed by atoms with van der Waals surface area (Å²) in [4.78, 5) is 25.5. The van der Waals surface area contributed by atoms with Crippen molar-refractivity contribution in [3.63, 3.8) is 0 Å². The van der Waals surface area contributed by atoms with Gasteiger partial charge in [0.05, 0.1) is 13.2 Å². The van der Waals surface area contributed by atoms with Gasteiger partial charge >= 0.3 is 0 Å². The smallest absolute Gasteiger partial charge is 0.242 e. The summed E-state index contributed by atoms with van der Waals surface area (Å²) >= 11 is 5.90. The number of rotatable bonds is 5. The number of nitrogens with zero attached hydrogens (tertiary/aromatic N) is 4. The third kappa shape index (κ3) is 3.45. The van der Waals surface area contributed by atoms with Crippen molar-refractivity contribution in [1.29, 1.82) is 0 Å². The van der Waals surface area contributed by atoms with E-state index in [4.69, 9.17) is 22.1 Å². The van der Waals surface area contributed by atoms with Gasteiger partial charge < -0.3 is 20.7 Å². The Labute approximate surface area is 121 Å². The van der Waals surface area contributed by atoms with Gasteiger partial charge in [0.1, 0.15) is 6.04 Å². The molecule has 1 aliphatic heterocycles. The van der Waals surface area contributed by atoms with E-state index in [0.29, 0.717) is 25.0 Å². The van der Waals surface area contributed by atoms with Crippen LogP contribution in [-0.2, 0) is 9.53 Å². The van der Waals surface area contributed by atoms with Crippen molar-refractivity contribution in [2.45, 2.75) is 19.4 Å². The van der Waals surface area contributed by atoms with E-state index in [1.165, 1.54) is 0 Å². The minimum Gasteiger partial charge on any atom is -0.377 e. The molecule has 1 unspecified atom stereocenters. The van der Waals surface area contributed by atoms with E-state index < -0.39 is 11.9 Å². The molecule has 1 aromatic rings. The monoisotopic (exact) mass is 300 g/mol. The van der Waals surface area contributed by atoms with E-state index in [2.05, 4.69) is 20.3 Å². The first kappa shape index (κ1) is 14.7. The number of halogens is 1. The van der Waals surface area contributed by atoms with Crippen LogP contribution in [0, 0.1) is 0 Å². The number of hydrogen-bond acceptors (Lipinski definition) is 7. The average Bonchev–Trinajstić information content (AvgIpc) is 2.44. The molecule has 0 radical (unpaired) electrons. The van der Waals surface area contributed by atoms with Gasteiger partial charge in [0.2, 0.25) is 23.1 Å². The third-order valence-corrected chi connectivity index (χ3v) is 3.01. The van der Waals surface area contributed by atoms with Crippen molar-refractivity contribution >= 4 is 29.4 Å². The Morgan fingerprint density at radius 3 is 3.05 bits per heavy atom. The minimum atomic E-state index is -0.596. The Hall–Kier alpha value is -1.67. The number of nitrogens with one attached hydrogen (secondary N) is 1. The number of aromatic nitrogens is 3. The fourth-order valence-electron chi connectivity index (χ4n) is 1.86. The Bertz CT molecular complexity index is 486. The molecule has 1 saturated heterocycles. The summed E-state index contributed by atoms with van der Waals surface area (Å²) in [6.45, 7) is 3.92. The number of amides is 1. The molecule has 1 aliphatic rings. The normalized spacial score (nSPS) is 18.9. The number of anilines is 2. The van der Waals surface area contributed by atoms with E-state index in [1.807, 2.05) is 6.92 Å². The Kier molecular flexibility index (Phi) is 4.91. The molecule has 0 bridgehead atoms. The highest BCUT2D eigenvalue weighted by molar-refractivity contribution is 6.28. The minimum absolute atomic E-state index is 0.0725. The van der Waals surface area contributed by atoms with Gasteiger partial charge in [-0.05, 0) is 18.0 Å². The predicted molar refractivity (Wildman–Crippen MR) is 74.8 cm³/mol. The molecule has 2 rings (SSSR count). The molecule has 0 spiro atoms.